The molecule has 116 valence electrons. The van der Waals surface area contributed by atoms with E-state index in [0.29, 0.717) is 11.3 Å². The van der Waals surface area contributed by atoms with Crippen LogP contribution in [0.4, 0.5) is 23.1 Å². The van der Waals surface area contributed by atoms with E-state index < -0.39 is 0 Å². The number of aromatic nitrogens is 2. The highest BCUT2D eigenvalue weighted by molar-refractivity contribution is 5.55. The van der Waals surface area contributed by atoms with Crippen LogP contribution in [0.25, 0.3) is 0 Å². The Bertz CT molecular complexity index is 938. The summed E-state index contributed by atoms with van der Waals surface area (Å²) in [6, 6.07) is 17.0. The molecular weight excluding hydrogens is 300 g/mol. The quantitative estimate of drug-likeness (QED) is 0.558. The Labute approximate surface area is 139 Å². The average molecular weight is 314 g/mol. The molecule has 0 aliphatic rings. The molecule has 3 aromatic rings. The molecule has 6 nitrogen and oxygen atoms in total. The van der Waals surface area contributed by atoms with Gasteiger partial charge >= 0.3 is 0 Å². The molecule has 6 heteroatoms. The van der Waals surface area contributed by atoms with Gasteiger partial charge in [0.15, 0.2) is 0 Å². The molecule has 0 aliphatic heterocycles. The molecule has 0 saturated heterocycles. The van der Waals surface area contributed by atoms with Gasteiger partial charge in [0, 0.05) is 5.56 Å². The molecule has 1 aromatic heterocycles. The van der Waals surface area contributed by atoms with Crippen LogP contribution in [0, 0.1) is 11.8 Å². The van der Waals surface area contributed by atoms with Gasteiger partial charge in [-0.15, -0.1) is 0 Å². The van der Waals surface area contributed by atoms with Crippen LogP contribution in [0.2, 0.25) is 0 Å². The first-order chi connectivity index (χ1) is 11.7. The van der Waals surface area contributed by atoms with Crippen molar-refractivity contribution in [2.75, 3.05) is 11.5 Å². The number of rotatable bonds is 2. The van der Waals surface area contributed by atoms with E-state index in [4.69, 9.17) is 11.5 Å². The standard InChI is InChI=1S/C18H14N6/c19-17-14(12-21-18(20)22-17)10-9-13-5-4-8-16(11-13)24-23-15-6-2-1-3-7-15/h1-8,11-12H,(H4,19,20,21,22). The van der Waals surface area contributed by atoms with Crippen LogP contribution in [0.5, 0.6) is 0 Å². The number of azo groups is 1. The molecule has 0 atom stereocenters. The highest BCUT2D eigenvalue weighted by Crippen LogP contribution is 2.18. The minimum atomic E-state index is 0.126. The van der Waals surface area contributed by atoms with Crippen LogP contribution in [-0.2, 0) is 0 Å². The number of hydrogen-bond donors (Lipinski definition) is 2. The van der Waals surface area contributed by atoms with Crippen molar-refractivity contribution in [3.8, 4) is 11.8 Å². The van der Waals surface area contributed by atoms with Gasteiger partial charge in [0.25, 0.3) is 0 Å². The summed E-state index contributed by atoms with van der Waals surface area (Å²) in [4.78, 5) is 7.76. The molecule has 1 heterocycles. The van der Waals surface area contributed by atoms with Gasteiger partial charge in [0.1, 0.15) is 5.82 Å². The van der Waals surface area contributed by atoms with E-state index in [0.717, 1.165) is 11.3 Å². The molecule has 0 aliphatic carbocycles. The number of nitrogens with two attached hydrogens (primary N) is 2. The second kappa shape index (κ2) is 7.03. The average Bonchev–Trinajstić information content (AvgIpc) is 2.60. The van der Waals surface area contributed by atoms with Gasteiger partial charge < -0.3 is 11.5 Å². The summed E-state index contributed by atoms with van der Waals surface area (Å²) in [6.07, 6.45) is 1.50. The first-order valence-corrected chi connectivity index (χ1v) is 7.17. The maximum Gasteiger partial charge on any atom is 0.221 e. The molecule has 0 fully saturated rings. The molecule has 0 unspecified atom stereocenters. The summed E-state index contributed by atoms with van der Waals surface area (Å²) >= 11 is 0. The van der Waals surface area contributed by atoms with Crippen molar-refractivity contribution in [3.05, 3.63) is 71.9 Å². The van der Waals surface area contributed by atoms with Crippen LogP contribution in [0.15, 0.2) is 71.0 Å². The van der Waals surface area contributed by atoms with Crippen molar-refractivity contribution in [2.45, 2.75) is 0 Å². The van der Waals surface area contributed by atoms with Gasteiger partial charge in [-0.05, 0) is 30.3 Å². The Hall–Kier alpha value is -3.72. The van der Waals surface area contributed by atoms with Crippen LogP contribution in [0.1, 0.15) is 11.1 Å². The molecule has 0 amide bonds. The zero-order valence-electron chi connectivity index (χ0n) is 12.7. The lowest BCUT2D eigenvalue weighted by Gasteiger charge is -1.97. The normalized spacial score (nSPS) is 10.3. The van der Waals surface area contributed by atoms with Crippen molar-refractivity contribution in [1.29, 1.82) is 0 Å². The highest BCUT2D eigenvalue weighted by atomic mass is 15.1. The fraction of sp³-hybridized carbons (Fsp3) is 0. The monoisotopic (exact) mass is 314 g/mol. The van der Waals surface area contributed by atoms with E-state index in [2.05, 4.69) is 32.0 Å². The second-order valence-electron chi connectivity index (χ2n) is 4.86. The lowest BCUT2D eigenvalue weighted by molar-refractivity contribution is 1.18. The highest BCUT2D eigenvalue weighted by Gasteiger charge is 1.98. The third-order valence-corrected chi connectivity index (χ3v) is 3.06. The SMILES string of the molecule is Nc1ncc(C#Cc2cccc(N=Nc3ccccc3)c2)c(N)n1. The summed E-state index contributed by atoms with van der Waals surface area (Å²) in [7, 11) is 0. The van der Waals surface area contributed by atoms with Gasteiger partial charge in [-0.3, -0.25) is 0 Å². The van der Waals surface area contributed by atoms with E-state index >= 15 is 0 Å². The lowest BCUT2D eigenvalue weighted by atomic mass is 10.2. The Kier molecular flexibility index (Phi) is 4.45. The van der Waals surface area contributed by atoms with Crippen molar-refractivity contribution in [3.63, 3.8) is 0 Å². The number of benzene rings is 2. The predicted octanol–water partition coefficient (Wildman–Crippen LogP) is 3.46. The van der Waals surface area contributed by atoms with E-state index in [-0.39, 0.29) is 11.8 Å². The Balaban J connectivity index is 1.81. The first kappa shape index (κ1) is 15.2. The van der Waals surface area contributed by atoms with Gasteiger partial charge in [-0.25, -0.2) is 4.98 Å². The van der Waals surface area contributed by atoms with E-state index in [1.165, 1.54) is 6.20 Å². The zero-order chi connectivity index (χ0) is 16.8. The minimum Gasteiger partial charge on any atom is -0.382 e. The fourth-order valence-corrected chi connectivity index (χ4v) is 1.90. The van der Waals surface area contributed by atoms with Crippen molar-refractivity contribution in [2.24, 2.45) is 10.2 Å². The maximum atomic E-state index is 5.76. The van der Waals surface area contributed by atoms with Crippen molar-refractivity contribution in [1.82, 2.24) is 9.97 Å². The molecule has 4 N–H and O–H groups in total. The number of nitrogens with zero attached hydrogens (tertiary/aromatic N) is 4. The first-order valence-electron chi connectivity index (χ1n) is 7.17. The Morgan fingerprint density at radius 3 is 2.38 bits per heavy atom. The van der Waals surface area contributed by atoms with E-state index in [1.54, 1.807) is 0 Å². The molecule has 2 aromatic carbocycles. The summed E-state index contributed by atoms with van der Waals surface area (Å²) < 4.78 is 0. The third-order valence-electron chi connectivity index (χ3n) is 3.06. The van der Waals surface area contributed by atoms with Gasteiger partial charge in [0.2, 0.25) is 5.95 Å². The van der Waals surface area contributed by atoms with Gasteiger partial charge in [-0.2, -0.15) is 15.2 Å². The summed E-state index contributed by atoms with van der Waals surface area (Å²) in [6.45, 7) is 0. The Morgan fingerprint density at radius 2 is 1.58 bits per heavy atom. The lowest BCUT2D eigenvalue weighted by Crippen LogP contribution is -2.01. The van der Waals surface area contributed by atoms with E-state index in [9.17, 15) is 0 Å². The molecule has 0 radical (unpaired) electrons. The second-order valence-corrected chi connectivity index (χ2v) is 4.86. The zero-order valence-corrected chi connectivity index (χ0v) is 12.7. The summed E-state index contributed by atoms with van der Waals surface area (Å²) in [5, 5.41) is 8.40. The van der Waals surface area contributed by atoms with Crippen molar-refractivity contribution >= 4 is 23.1 Å². The third kappa shape index (κ3) is 3.93. The Morgan fingerprint density at radius 1 is 0.833 bits per heavy atom. The van der Waals surface area contributed by atoms with Crippen LogP contribution < -0.4 is 11.5 Å². The molecule has 3 rings (SSSR count). The summed E-state index contributed by atoms with van der Waals surface area (Å²) in [5.74, 6) is 6.32. The molecular formula is C18H14N6. The van der Waals surface area contributed by atoms with E-state index in [1.807, 2.05) is 54.6 Å². The predicted molar refractivity (Wildman–Crippen MR) is 93.9 cm³/mol. The molecule has 0 bridgehead atoms. The van der Waals surface area contributed by atoms with Gasteiger partial charge in [0.05, 0.1) is 23.1 Å². The van der Waals surface area contributed by atoms with Crippen LogP contribution in [0.3, 0.4) is 0 Å². The van der Waals surface area contributed by atoms with Gasteiger partial charge in [-0.1, -0.05) is 36.1 Å². The maximum absolute atomic E-state index is 5.76. The number of anilines is 2. The van der Waals surface area contributed by atoms with Crippen LogP contribution in [-0.4, -0.2) is 9.97 Å². The minimum absolute atomic E-state index is 0.126. The fourth-order valence-electron chi connectivity index (χ4n) is 1.90. The smallest absolute Gasteiger partial charge is 0.221 e. The summed E-state index contributed by atoms with van der Waals surface area (Å²) in [5.41, 5.74) is 14.0. The molecule has 0 spiro atoms. The topological polar surface area (TPSA) is 103 Å². The van der Waals surface area contributed by atoms with Crippen LogP contribution >= 0.6 is 0 Å². The number of nitrogen functional groups attached to an aromatic ring is 2. The number of hydrogen-bond acceptors (Lipinski definition) is 6. The van der Waals surface area contributed by atoms with Crippen molar-refractivity contribution < 1.29 is 0 Å². The molecule has 0 saturated carbocycles. The largest absolute Gasteiger partial charge is 0.382 e. The molecule has 24 heavy (non-hydrogen) atoms.